The number of fused-ring (bicyclic) bond motifs is 1. The molecule has 0 aliphatic carbocycles. The minimum atomic E-state index is -3.70. The van der Waals surface area contributed by atoms with Crippen LogP contribution in [0.25, 0.3) is 0 Å². The zero-order chi connectivity index (χ0) is 24.2. The van der Waals surface area contributed by atoms with Crippen molar-refractivity contribution in [2.24, 2.45) is 0 Å². The van der Waals surface area contributed by atoms with E-state index in [0.717, 1.165) is 17.5 Å². The number of hydrogen-bond donors (Lipinski definition) is 1. The number of ether oxygens (including phenoxy) is 1. The van der Waals surface area contributed by atoms with Crippen LogP contribution in [-0.4, -0.2) is 56.2 Å². The molecule has 2 aromatic rings. The SMILES string of the molecule is CCN(CC)S(=O)(=O)c1ccc(OC)c(NC(=O)CC2c3ccccc3CCN2C(C)=O)c1. The average molecular weight is 474 g/mol. The molecule has 3 rings (SSSR count). The lowest BCUT2D eigenvalue weighted by Crippen LogP contribution is -2.40. The van der Waals surface area contributed by atoms with Gasteiger partial charge in [0, 0.05) is 26.6 Å². The Balaban J connectivity index is 1.89. The second kappa shape index (κ2) is 10.4. The van der Waals surface area contributed by atoms with Crippen molar-refractivity contribution >= 4 is 27.5 Å². The lowest BCUT2D eigenvalue weighted by atomic mass is 9.90. The van der Waals surface area contributed by atoms with Crippen LogP contribution in [0, 0.1) is 0 Å². The topological polar surface area (TPSA) is 96.0 Å². The molecule has 0 aromatic heterocycles. The second-order valence-electron chi connectivity index (χ2n) is 7.88. The van der Waals surface area contributed by atoms with Gasteiger partial charge in [-0.05, 0) is 35.7 Å². The number of nitrogens with zero attached hydrogens (tertiary/aromatic N) is 2. The predicted octanol–water partition coefficient (Wildman–Crippen LogP) is 3.20. The van der Waals surface area contributed by atoms with Crippen LogP contribution in [0.5, 0.6) is 5.75 Å². The number of methoxy groups -OCH3 is 1. The number of carbonyl (C=O) groups excluding carboxylic acids is 2. The van der Waals surface area contributed by atoms with Gasteiger partial charge in [-0.15, -0.1) is 0 Å². The standard InChI is InChI=1S/C24H31N3O5S/c1-5-26(6-2)33(30,31)19-11-12-23(32-4)21(15-19)25-24(29)16-22-20-10-8-7-9-18(20)13-14-27(22)17(3)28/h7-12,15,22H,5-6,13-14,16H2,1-4H3,(H,25,29). The molecule has 1 aliphatic rings. The molecule has 0 saturated carbocycles. The number of rotatable bonds is 8. The van der Waals surface area contributed by atoms with Crippen LogP contribution in [0.4, 0.5) is 5.69 Å². The Kier molecular flexibility index (Phi) is 7.76. The molecule has 2 aromatic carbocycles. The molecule has 0 spiro atoms. The maximum Gasteiger partial charge on any atom is 0.243 e. The molecule has 178 valence electrons. The van der Waals surface area contributed by atoms with Gasteiger partial charge in [-0.3, -0.25) is 9.59 Å². The summed E-state index contributed by atoms with van der Waals surface area (Å²) in [5.74, 6) is -0.0693. The van der Waals surface area contributed by atoms with Crippen LogP contribution >= 0.6 is 0 Å². The summed E-state index contributed by atoms with van der Waals surface area (Å²) in [4.78, 5) is 27.1. The number of amides is 2. The van der Waals surface area contributed by atoms with E-state index in [1.807, 2.05) is 24.3 Å². The Morgan fingerprint density at radius 3 is 2.48 bits per heavy atom. The molecule has 9 heteroatoms. The van der Waals surface area contributed by atoms with Crippen molar-refractivity contribution in [3.63, 3.8) is 0 Å². The molecule has 8 nitrogen and oxygen atoms in total. The summed E-state index contributed by atoms with van der Waals surface area (Å²) in [5.41, 5.74) is 2.35. The van der Waals surface area contributed by atoms with Crippen molar-refractivity contribution < 1.29 is 22.7 Å². The number of sulfonamides is 1. The average Bonchev–Trinajstić information content (AvgIpc) is 2.79. The first-order valence-corrected chi connectivity index (χ1v) is 12.5. The molecule has 1 N–H and O–H groups in total. The highest BCUT2D eigenvalue weighted by Gasteiger charge is 2.31. The van der Waals surface area contributed by atoms with E-state index in [9.17, 15) is 18.0 Å². The van der Waals surface area contributed by atoms with Gasteiger partial charge >= 0.3 is 0 Å². The third-order valence-corrected chi connectivity index (χ3v) is 8.03. The van der Waals surface area contributed by atoms with Gasteiger partial charge in [-0.25, -0.2) is 8.42 Å². The minimum absolute atomic E-state index is 0.0484. The quantitative estimate of drug-likeness (QED) is 0.635. The van der Waals surface area contributed by atoms with Gasteiger partial charge < -0.3 is 15.0 Å². The van der Waals surface area contributed by atoms with E-state index in [2.05, 4.69) is 5.32 Å². The van der Waals surface area contributed by atoms with Crippen molar-refractivity contribution in [3.8, 4) is 5.75 Å². The summed E-state index contributed by atoms with van der Waals surface area (Å²) in [7, 11) is -2.24. The summed E-state index contributed by atoms with van der Waals surface area (Å²) < 4.78 is 32.6. The molecule has 1 heterocycles. The van der Waals surface area contributed by atoms with E-state index in [1.165, 1.54) is 36.5 Å². The molecule has 2 amide bonds. The lowest BCUT2D eigenvalue weighted by molar-refractivity contribution is -0.132. The Hall–Kier alpha value is -2.91. The summed E-state index contributed by atoms with van der Waals surface area (Å²) in [6.07, 6.45) is 0.791. The van der Waals surface area contributed by atoms with Gasteiger partial charge in [0.2, 0.25) is 21.8 Å². The molecular weight excluding hydrogens is 442 g/mol. The van der Waals surface area contributed by atoms with E-state index < -0.39 is 10.0 Å². The first kappa shape index (κ1) is 24.7. The van der Waals surface area contributed by atoms with E-state index >= 15 is 0 Å². The number of hydrogen-bond acceptors (Lipinski definition) is 5. The molecule has 1 aliphatic heterocycles. The van der Waals surface area contributed by atoms with Crippen LogP contribution in [0.1, 0.15) is 44.4 Å². The van der Waals surface area contributed by atoms with Crippen molar-refractivity contribution in [2.75, 3.05) is 32.1 Å². The van der Waals surface area contributed by atoms with E-state index in [4.69, 9.17) is 4.74 Å². The number of benzene rings is 2. The van der Waals surface area contributed by atoms with Gasteiger partial charge in [0.25, 0.3) is 0 Å². The van der Waals surface area contributed by atoms with E-state index in [0.29, 0.717) is 25.4 Å². The van der Waals surface area contributed by atoms with E-state index in [1.54, 1.807) is 18.7 Å². The van der Waals surface area contributed by atoms with Gasteiger partial charge in [-0.1, -0.05) is 38.1 Å². The first-order chi connectivity index (χ1) is 15.7. The first-order valence-electron chi connectivity index (χ1n) is 11.1. The number of anilines is 1. The largest absolute Gasteiger partial charge is 0.495 e. The molecule has 33 heavy (non-hydrogen) atoms. The highest BCUT2D eigenvalue weighted by atomic mass is 32.2. The summed E-state index contributed by atoms with van der Waals surface area (Å²) >= 11 is 0. The Morgan fingerprint density at radius 1 is 1.15 bits per heavy atom. The maximum atomic E-state index is 13.1. The summed E-state index contributed by atoms with van der Waals surface area (Å²) in [6.45, 7) is 6.28. The van der Waals surface area contributed by atoms with Gasteiger partial charge in [-0.2, -0.15) is 4.31 Å². The predicted molar refractivity (Wildman–Crippen MR) is 127 cm³/mol. The minimum Gasteiger partial charge on any atom is -0.495 e. The van der Waals surface area contributed by atoms with Crippen LogP contribution in [0.3, 0.4) is 0 Å². The normalized spacial score (nSPS) is 15.8. The van der Waals surface area contributed by atoms with E-state index in [-0.39, 0.29) is 34.9 Å². The Morgan fingerprint density at radius 2 is 1.85 bits per heavy atom. The highest BCUT2D eigenvalue weighted by molar-refractivity contribution is 7.89. The van der Waals surface area contributed by atoms with Crippen molar-refractivity contribution in [3.05, 3.63) is 53.6 Å². The zero-order valence-corrected chi connectivity index (χ0v) is 20.3. The highest BCUT2D eigenvalue weighted by Crippen LogP contribution is 2.34. The van der Waals surface area contributed by atoms with Gasteiger partial charge in [0.15, 0.2) is 0 Å². The Labute approximate surface area is 195 Å². The second-order valence-corrected chi connectivity index (χ2v) is 9.82. The molecule has 1 atom stereocenters. The lowest BCUT2D eigenvalue weighted by Gasteiger charge is -2.36. The van der Waals surface area contributed by atoms with Gasteiger partial charge in [0.05, 0.1) is 30.2 Å². The molecule has 0 saturated heterocycles. The van der Waals surface area contributed by atoms with Crippen LogP contribution in [-0.2, 0) is 26.0 Å². The van der Waals surface area contributed by atoms with Crippen LogP contribution in [0.15, 0.2) is 47.4 Å². The van der Waals surface area contributed by atoms with Crippen molar-refractivity contribution in [2.45, 2.75) is 44.6 Å². The maximum absolute atomic E-state index is 13.1. The summed E-state index contributed by atoms with van der Waals surface area (Å²) in [6, 6.07) is 11.8. The number of carbonyl (C=O) groups is 2. The molecule has 1 unspecified atom stereocenters. The third kappa shape index (κ3) is 5.20. The smallest absolute Gasteiger partial charge is 0.243 e. The fraction of sp³-hybridized carbons (Fsp3) is 0.417. The van der Waals surface area contributed by atoms with Crippen molar-refractivity contribution in [1.29, 1.82) is 0 Å². The van der Waals surface area contributed by atoms with Crippen molar-refractivity contribution in [1.82, 2.24) is 9.21 Å². The molecule has 0 radical (unpaired) electrons. The summed E-state index contributed by atoms with van der Waals surface area (Å²) in [5, 5.41) is 2.80. The Bertz CT molecular complexity index is 1130. The number of nitrogens with one attached hydrogen (secondary N) is 1. The van der Waals surface area contributed by atoms with Crippen LogP contribution in [0.2, 0.25) is 0 Å². The van der Waals surface area contributed by atoms with Crippen LogP contribution < -0.4 is 10.1 Å². The molecule has 0 bridgehead atoms. The van der Waals surface area contributed by atoms with Gasteiger partial charge in [0.1, 0.15) is 5.75 Å². The fourth-order valence-corrected chi connectivity index (χ4v) is 5.77. The monoisotopic (exact) mass is 473 g/mol. The molecule has 0 fully saturated rings. The fourth-order valence-electron chi connectivity index (χ4n) is 4.28. The third-order valence-electron chi connectivity index (χ3n) is 5.98. The molecular formula is C24H31N3O5S. The zero-order valence-electron chi connectivity index (χ0n) is 19.5.